The van der Waals surface area contributed by atoms with Gasteiger partial charge in [-0.3, -0.25) is 0 Å². The maximum atomic E-state index is 11.5. The van der Waals surface area contributed by atoms with Crippen LogP contribution in [0.2, 0.25) is 4.34 Å². The van der Waals surface area contributed by atoms with E-state index < -0.39 is 21.5 Å². The van der Waals surface area contributed by atoms with Crippen LogP contribution in [0.4, 0.5) is 0 Å². The summed E-state index contributed by atoms with van der Waals surface area (Å²) in [6.07, 6.45) is 0. The van der Waals surface area contributed by atoms with E-state index >= 15 is 0 Å². The first-order valence-corrected chi connectivity index (χ1v) is 6.50. The van der Waals surface area contributed by atoms with Gasteiger partial charge in [-0.15, -0.1) is 11.3 Å². The van der Waals surface area contributed by atoms with Crippen molar-refractivity contribution >= 4 is 69.7 Å². The fraction of sp³-hybridized carbons (Fsp3) is 0.111. The fourth-order valence-corrected chi connectivity index (χ4v) is 2.13. The van der Waals surface area contributed by atoms with Crippen LogP contribution >= 0.6 is 57.7 Å². The van der Waals surface area contributed by atoms with Crippen molar-refractivity contribution in [3.8, 4) is 5.75 Å². The van der Waals surface area contributed by atoms with Crippen LogP contribution in [0.15, 0.2) is 15.6 Å². The van der Waals surface area contributed by atoms with Crippen molar-refractivity contribution in [2.75, 3.05) is 7.11 Å². The number of rotatable bonds is 3. The van der Waals surface area contributed by atoms with Crippen LogP contribution in [0.1, 0.15) is 9.67 Å². The third-order valence-electron chi connectivity index (χ3n) is 1.59. The molecule has 0 atom stereocenters. The van der Waals surface area contributed by atoms with Gasteiger partial charge >= 0.3 is 11.9 Å². The Labute approximate surface area is 126 Å². The number of ether oxygens (including phenoxy) is 2. The minimum atomic E-state index is -1.00. The van der Waals surface area contributed by atoms with Crippen LogP contribution in [0.3, 0.4) is 0 Å². The number of hydrogen-bond donors (Lipinski definition) is 0. The minimum absolute atomic E-state index is 0.0333. The molecule has 4 nitrogen and oxygen atoms in total. The van der Waals surface area contributed by atoms with Gasteiger partial charge in [0.05, 0.1) is 11.4 Å². The maximum Gasteiger partial charge on any atom is 0.357 e. The van der Waals surface area contributed by atoms with E-state index in [-0.39, 0.29) is 15.0 Å². The molecule has 98 valence electrons. The summed E-state index contributed by atoms with van der Waals surface area (Å²) in [7, 11) is 1.18. The Kier molecular flexibility index (Phi) is 5.75. The van der Waals surface area contributed by atoms with E-state index in [1.54, 1.807) is 0 Å². The van der Waals surface area contributed by atoms with Gasteiger partial charge in [0, 0.05) is 6.07 Å². The molecule has 1 rings (SSSR count). The summed E-state index contributed by atoms with van der Waals surface area (Å²) in [6.45, 7) is 0. The van der Waals surface area contributed by atoms with Crippen molar-refractivity contribution < 1.29 is 19.1 Å². The first-order valence-electron chi connectivity index (χ1n) is 4.17. The summed E-state index contributed by atoms with van der Waals surface area (Å²) in [5.74, 6) is -1.77. The minimum Gasteiger partial charge on any atom is -0.465 e. The molecule has 1 aromatic heterocycles. The molecular weight excluding hydrogens is 346 g/mol. The molecule has 0 saturated heterocycles. The van der Waals surface area contributed by atoms with Gasteiger partial charge in [-0.05, 0) is 0 Å². The lowest BCUT2D eigenvalue weighted by atomic mass is 10.4. The average Bonchev–Trinajstić information content (AvgIpc) is 2.67. The molecule has 0 aliphatic carbocycles. The van der Waals surface area contributed by atoms with E-state index in [0.29, 0.717) is 0 Å². The lowest BCUT2D eigenvalue weighted by molar-refractivity contribution is -0.129. The molecule has 18 heavy (non-hydrogen) atoms. The van der Waals surface area contributed by atoms with Gasteiger partial charge in [0.1, 0.15) is 4.49 Å². The maximum absolute atomic E-state index is 11.5. The number of halogens is 4. The highest BCUT2D eigenvalue weighted by Gasteiger charge is 2.22. The fourth-order valence-electron chi connectivity index (χ4n) is 0.878. The highest BCUT2D eigenvalue weighted by atomic mass is 35.5. The Morgan fingerprint density at radius 1 is 1.28 bits per heavy atom. The van der Waals surface area contributed by atoms with Crippen LogP contribution < -0.4 is 4.74 Å². The van der Waals surface area contributed by atoms with E-state index in [2.05, 4.69) is 4.74 Å². The Bertz CT molecular complexity index is 519. The van der Waals surface area contributed by atoms with E-state index in [9.17, 15) is 9.59 Å². The Morgan fingerprint density at radius 2 is 1.89 bits per heavy atom. The predicted octanol–water partition coefficient (Wildman–Crippen LogP) is 3.98. The lowest BCUT2D eigenvalue weighted by Gasteiger charge is -2.03. The normalized spacial score (nSPS) is 9.83. The van der Waals surface area contributed by atoms with E-state index in [1.165, 1.54) is 13.2 Å². The van der Waals surface area contributed by atoms with Crippen LogP contribution in [0, 0.1) is 0 Å². The highest BCUT2D eigenvalue weighted by Crippen LogP contribution is 2.34. The van der Waals surface area contributed by atoms with Crippen LogP contribution in [0.25, 0.3) is 0 Å². The monoisotopic (exact) mass is 348 g/mol. The summed E-state index contributed by atoms with van der Waals surface area (Å²) in [5.41, 5.74) is 0. The zero-order chi connectivity index (χ0) is 13.9. The molecule has 0 aliphatic heterocycles. The first-order chi connectivity index (χ1) is 8.36. The molecule has 9 heteroatoms. The number of esters is 2. The van der Waals surface area contributed by atoms with Crippen LogP contribution in [-0.2, 0) is 9.53 Å². The molecule has 0 fully saturated rings. The summed E-state index contributed by atoms with van der Waals surface area (Å²) < 4.78 is 9.15. The second-order valence-corrected chi connectivity index (χ2v) is 5.71. The van der Waals surface area contributed by atoms with Crippen molar-refractivity contribution in [3.63, 3.8) is 0 Å². The summed E-state index contributed by atoms with van der Waals surface area (Å²) >= 11 is 22.7. The van der Waals surface area contributed by atoms with Crippen molar-refractivity contribution in [3.05, 3.63) is 24.8 Å². The molecule has 0 amide bonds. The topological polar surface area (TPSA) is 52.6 Å². The molecule has 0 aliphatic rings. The molecule has 0 bridgehead atoms. The molecule has 0 spiro atoms. The zero-order valence-electron chi connectivity index (χ0n) is 8.63. The van der Waals surface area contributed by atoms with Gasteiger partial charge in [0.2, 0.25) is 0 Å². The van der Waals surface area contributed by atoms with Gasteiger partial charge in [-0.2, -0.15) is 0 Å². The Hall–Kier alpha value is -0.460. The van der Waals surface area contributed by atoms with Gasteiger partial charge in [-0.25, -0.2) is 9.59 Å². The van der Waals surface area contributed by atoms with Gasteiger partial charge < -0.3 is 9.47 Å². The standard InChI is InChI=1S/C9H4Cl4O4S/c1-16-9(15)6-3(2-4(10)18-6)17-8(14)5(11)7(12)13/h2H,1H3. The van der Waals surface area contributed by atoms with E-state index in [0.717, 1.165) is 11.3 Å². The smallest absolute Gasteiger partial charge is 0.357 e. The van der Waals surface area contributed by atoms with E-state index in [1.807, 2.05) is 0 Å². The SMILES string of the molecule is COC(=O)c1sc(Cl)cc1OC(=O)C(Cl)=C(Cl)Cl. The molecule has 0 unspecified atom stereocenters. The second-order valence-electron chi connectivity index (χ2n) is 2.70. The van der Waals surface area contributed by atoms with E-state index in [4.69, 9.17) is 51.1 Å². The summed E-state index contributed by atoms with van der Waals surface area (Å²) in [6, 6.07) is 1.28. The summed E-state index contributed by atoms with van der Waals surface area (Å²) in [5, 5.41) is -0.503. The lowest BCUT2D eigenvalue weighted by Crippen LogP contribution is -2.10. The highest BCUT2D eigenvalue weighted by molar-refractivity contribution is 7.18. The summed E-state index contributed by atoms with van der Waals surface area (Å²) in [4.78, 5) is 22.9. The molecule has 1 heterocycles. The molecule has 0 aromatic carbocycles. The van der Waals surface area contributed by atoms with Crippen LogP contribution in [-0.4, -0.2) is 19.0 Å². The Balaban J connectivity index is 3.02. The number of methoxy groups -OCH3 is 1. The number of carbonyl (C=O) groups excluding carboxylic acids is 2. The molecule has 0 saturated carbocycles. The van der Waals surface area contributed by atoms with Gasteiger partial charge in [0.15, 0.2) is 15.7 Å². The van der Waals surface area contributed by atoms with Crippen molar-refractivity contribution in [1.29, 1.82) is 0 Å². The van der Waals surface area contributed by atoms with Gasteiger partial charge in [-0.1, -0.05) is 46.4 Å². The van der Waals surface area contributed by atoms with Gasteiger partial charge in [0.25, 0.3) is 0 Å². The van der Waals surface area contributed by atoms with Crippen molar-refractivity contribution in [2.24, 2.45) is 0 Å². The average molecular weight is 350 g/mol. The predicted molar refractivity (Wildman–Crippen MR) is 70.9 cm³/mol. The zero-order valence-corrected chi connectivity index (χ0v) is 12.5. The number of carbonyl (C=O) groups is 2. The first kappa shape index (κ1) is 15.6. The van der Waals surface area contributed by atoms with Crippen molar-refractivity contribution in [2.45, 2.75) is 0 Å². The largest absolute Gasteiger partial charge is 0.465 e. The van der Waals surface area contributed by atoms with Crippen molar-refractivity contribution in [1.82, 2.24) is 0 Å². The van der Waals surface area contributed by atoms with Crippen LogP contribution in [0.5, 0.6) is 5.75 Å². The third-order valence-corrected chi connectivity index (χ3v) is 3.73. The molecule has 0 radical (unpaired) electrons. The quantitative estimate of drug-likeness (QED) is 0.611. The second kappa shape index (κ2) is 6.63. The number of thiophene rings is 1. The Morgan fingerprint density at radius 3 is 2.39 bits per heavy atom. The number of hydrogen-bond acceptors (Lipinski definition) is 5. The third kappa shape index (κ3) is 3.76. The molecule has 1 aromatic rings. The molecule has 0 N–H and O–H groups in total. The molecular formula is C9H4Cl4O4S.